The summed E-state index contributed by atoms with van der Waals surface area (Å²) in [6.07, 6.45) is 1.37. The monoisotopic (exact) mass is 513 g/mol. The van der Waals surface area contributed by atoms with Crippen molar-refractivity contribution in [1.82, 2.24) is 14.5 Å². The smallest absolute Gasteiger partial charge is 0.410 e. The minimum atomic E-state index is -3.81. The number of hydrogen-bond donors (Lipinski definition) is 1. The second kappa shape index (κ2) is 10.6. The molecule has 0 spiro atoms. The number of nitrogens with zero attached hydrogens (tertiary/aromatic N) is 2. The second-order valence-electron chi connectivity index (χ2n) is 10.5. The molecule has 2 aromatic carbocycles. The zero-order chi connectivity index (χ0) is 25.9. The van der Waals surface area contributed by atoms with Gasteiger partial charge in [0.2, 0.25) is 15.9 Å². The molecule has 0 radical (unpaired) electrons. The third kappa shape index (κ3) is 6.07. The number of benzene rings is 2. The lowest BCUT2D eigenvalue weighted by Gasteiger charge is -2.38. The predicted molar refractivity (Wildman–Crippen MR) is 137 cm³/mol. The summed E-state index contributed by atoms with van der Waals surface area (Å²) in [6, 6.07) is 17.4. The third-order valence-corrected chi connectivity index (χ3v) is 8.52. The molecule has 0 aliphatic carbocycles. The molecule has 2 fully saturated rings. The maximum absolute atomic E-state index is 13.7. The molecular weight excluding hydrogens is 478 g/mol. The molecule has 3 atom stereocenters. The highest BCUT2D eigenvalue weighted by Gasteiger charge is 2.41. The molecule has 4 rings (SSSR count). The van der Waals surface area contributed by atoms with Crippen molar-refractivity contribution in [2.24, 2.45) is 5.92 Å². The Bertz CT molecular complexity index is 1160. The highest BCUT2D eigenvalue weighted by Crippen LogP contribution is 2.37. The van der Waals surface area contributed by atoms with Crippen LogP contribution in [0.15, 0.2) is 65.6 Å². The molecule has 2 aliphatic heterocycles. The van der Waals surface area contributed by atoms with Crippen LogP contribution >= 0.6 is 0 Å². The van der Waals surface area contributed by atoms with E-state index >= 15 is 0 Å². The van der Waals surface area contributed by atoms with Crippen LogP contribution in [0.2, 0.25) is 0 Å². The van der Waals surface area contributed by atoms with E-state index in [1.165, 1.54) is 4.31 Å². The molecule has 0 bridgehead atoms. The van der Waals surface area contributed by atoms with Gasteiger partial charge in [-0.25, -0.2) is 13.2 Å². The first kappa shape index (κ1) is 26.2. The Kier molecular flexibility index (Phi) is 7.70. The lowest BCUT2D eigenvalue weighted by molar-refractivity contribution is -0.127. The van der Waals surface area contributed by atoms with Crippen molar-refractivity contribution in [3.05, 3.63) is 66.2 Å². The fourth-order valence-electron chi connectivity index (χ4n) is 4.84. The third-order valence-electron chi connectivity index (χ3n) is 6.63. The number of likely N-dealkylation sites (tertiary alicyclic amines) is 1. The van der Waals surface area contributed by atoms with Gasteiger partial charge in [0.15, 0.2) is 0 Å². The maximum Gasteiger partial charge on any atom is 0.410 e. The predicted octanol–water partition coefficient (Wildman–Crippen LogP) is 3.95. The number of hydrogen-bond acceptors (Lipinski definition) is 5. The summed E-state index contributed by atoms with van der Waals surface area (Å²) in [5, 5.41) is 3.05. The average molecular weight is 514 g/mol. The Labute approximate surface area is 213 Å². The van der Waals surface area contributed by atoms with E-state index in [4.69, 9.17) is 4.74 Å². The molecule has 194 valence electrons. The van der Waals surface area contributed by atoms with Gasteiger partial charge in [0, 0.05) is 25.7 Å². The van der Waals surface area contributed by atoms with Gasteiger partial charge >= 0.3 is 6.09 Å². The summed E-state index contributed by atoms with van der Waals surface area (Å²) >= 11 is 0. The number of amides is 2. The highest BCUT2D eigenvalue weighted by atomic mass is 32.2. The van der Waals surface area contributed by atoms with E-state index in [0.29, 0.717) is 32.4 Å². The summed E-state index contributed by atoms with van der Waals surface area (Å²) < 4.78 is 34.2. The topological polar surface area (TPSA) is 96.0 Å². The van der Waals surface area contributed by atoms with Gasteiger partial charge < -0.3 is 15.0 Å². The molecule has 2 aromatic rings. The van der Waals surface area contributed by atoms with Crippen molar-refractivity contribution in [1.29, 1.82) is 0 Å². The van der Waals surface area contributed by atoms with Gasteiger partial charge in [-0.3, -0.25) is 4.79 Å². The quantitative estimate of drug-likeness (QED) is 0.653. The molecule has 36 heavy (non-hydrogen) atoms. The van der Waals surface area contributed by atoms with E-state index in [9.17, 15) is 18.0 Å². The summed E-state index contributed by atoms with van der Waals surface area (Å²) in [7, 11) is -3.81. The SMILES string of the molecule is CC(C)(C)OC(=O)N1CC[C@H](NC(=O)C2CCC(c3ccccc3)N(S(=O)(=O)c3ccccc3)C2)C1. The van der Waals surface area contributed by atoms with Gasteiger partial charge in [-0.2, -0.15) is 4.31 Å². The minimum Gasteiger partial charge on any atom is -0.444 e. The van der Waals surface area contributed by atoms with Crippen LogP contribution < -0.4 is 5.32 Å². The maximum atomic E-state index is 13.7. The molecule has 2 saturated heterocycles. The second-order valence-corrected chi connectivity index (χ2v) is 12.4. The molecule has 9 heteroatoms. The van der Waals surface area contributed by atoms with Crippen LogP contribution in [0.1, 0.15) is 51.6 Å². The van der Waals surface area contributed by atoms with Crippen LogP contribution in [0.3, 0.4) is 0 Å². The Morgan fingerprint density at radius 3 is 2.19 bits per heavy atom. The number of carbonyl (C=O) groups excluding carboxylic acids is 2. The van der Waals surface area contributed by atoms with Crippen LogP contribution in [-0.4, -0.2) is 60.9 Å². The van der Waals surface area contributed by atoms with Crippen molar-refractivity contribution in [3.63, 3.8) is 0 Å². The molecule has 2 aliphatic rings. The largest absolute Gasteiger partial charge is 0.444 e. The number of carbonyl (C=O) groups is 2. The summed E-state index contributed by atoms with van der Waals surface area (Å²) in [4.78, 5) is 27.4. The van der Waals surface area contributed by atoms with E-state index in [1.54, 1.807) is 35.2 Å². The van der Waals surface area contributed by atoms with Gasteiger partial charge in [-0.15, -0.1) is 0 Å². The van der Waals surface area contributed by atoms with Crippen LogP contribution in [0.4, 0.5) is 4.79 Å². The van der Waals surface area contributed by atoms with Crippen LogP contribution in [-0.2, 0) is 19.6 Å². The molecule has 0 saturated carbocycles. The lowest BCUT2D eigenvalue weighted by Crippen LogP contribution is -2.49. The first-order valence-electron chi connectivity index (χ1n) is 12.4. The number of ether oxygens (including phenoxy) is 1. The van der Waals surface area contributed by atoms with E-state index in [2.05, 4.69) is 5.32 Å². The van der Waals surface area contributed by atoms with Crippen molar-refractivity contribution in [2.45, 2.75) is 62.6 Å². The summed E-state index contributed by atoms with van der Waals surface area (Å²) in [5.74, 6) is -0.648. The van der Waals surface area contributed by atoms with Gasteiger partial charge in [0.25, 0.3) is 0 Å². The highest BCUT2D eigenvalue weighted by molar-refractivity contribution is 7.89. The van der Waals surface area contributed by atoms with Gasteiger partial charge in [-0.1, -0.05) is 48.5 Å². The Balaban J connectivity index is 1.47. The number of piperidine rings is 1. The van der Waals surface area contributed by atoms with Crippen molar-refractivity contribution < 1.29 is 22.7 Å². The van der Waals surface area contributed by atoms with Crippen molar-refractivity contribution in [2.75, 3.05) is 19.6 Å². The first-order chi connectivity index (χ1) is 17.0. The van der Waals surface area contributed by atoms with E-state index < -0.39 is 21.5 Å². The number of rotatable bonds is 5. The zero-order valence-electron chi connectivity index (χ0n) is 21.1. The Hall–Kier alpha value is -2.91. The van der Waals surface area contributed by atoms with Gasteiger partial charge in [-0.05, 0) is 57.7 Å². The van der Waals surface area contributed by atoms with E-state index in [-0.39, 0.29) is 35.5 Å². The van der Waals surface area contributed by atoms with E-state index in [1.807, 2.05) is 51.1 Å². The van der Waals surface area contributed by atoms with Crippen LogP contribution in [0.25, 0.3) is 0 Å². The summed E-state index contributed by atoms with van der Waals surface area (Å²) in [5.41, 5.74) is 0.337. The number of sulfonamides is 1. The van der Waals surface area contributed by atoms with Crippen LogP contribution in [0, 0.1) is 5.92 Å². The van der Waals surface area contributed by atoms with Crippen LogP contribution in [0.5, 0.6) is 0 Å². The average Bonchev–Trinajstić information content (AvgIpc) is 3.32. The normalized spacial score (nSPS) is 23.3. The first-order valence-corrected chi connectivity index (χ1v) is 13.9. The fourth-order valence-corrected chi connectivity index (χ4v) is 6.55. The molecule has 8 nitrogen and oxygen atoms in total. The molecule has 2 heterocycles. The minimum absolute atomic E-state index is 0.102. The zero-order valence-corrected chi connectivity index (χ0v) is 21.9. The lowest BCUT2D eigenvalue weighted by atomic mass is 9.90. The molecular formula is C27H35N3O5S. The molecule has 0 aromatic heterocycles. The van der Waals surface area contributed by atoms with E-state index in [0.717, 1.165) is 5.56 Å². The Morgan fingerprint density at radius 1 is 0.917 bits per heavy atom. The fraction of sp³-hybridized carbons (Fsp3) is 0.481. The Morgan fingerprint density at radius 2 is 1.56 bits per heavy atom. The standard InChI is InChI=1S/C27H35N3O5S/c1-27(2,3)35-26(32)29-17-16-22(19-29)28-25(31)21-14-15-24(20-10-6-4-7-11-20)30(18-21)36(33,34)23-12-8-5-9-13-23/h4-13,21-22,24H,14-19H2,1-3H3,(H,28,31)/t21?,22-,24?/m0/s1. The van der Waals surface area contributed by atoms with Gasteiger partial charge in [0.05, 0.1) is 16.9 Å². The molecule has 1 N–H and O–H groups in total. The number of nitrogens with one attached hydrogen (secondary N) is 1. The van der Waals surface area contributed by atoms with Crippen molar-refractivity contribution >= 4 is 22.0 Å². The van der Waals surface area contributed by atoms with Gasteiger partial charge in [0.1, 0.15) is 5.60 Å². The summed E-state index contributed by atoms with van der Waals surface area (Å²) in [6.45, 7) is 6.45. The molecule has 2 amide bonds. The van der Waals surface area contributed by atoms with Crippen molar-refractivity contribution in [3.8, 4) is 0 Å². The molecule has 2 unspecified atom stereocenters.